The molecule has 0 bridgehead atoms. The monoisotopic (exact) mass is 360 g/mol. The highest BCUT2D eigenvalue weighted by molar-refractivity contribution is 5.95. The van der Waals surface area contributed by atoms with Crippen molar-refractivity contribution >= 4 is 30.0 Å². The van der Waals surface area contributed by atoms with Crippen LogP contribution in [0.2, 0.25) is 0 Å². The number of rotatable bonds is 5. The van der Waals surface area contributed by atoms with E-state index in [1.165, 1.54) is 10.9 Å². The van der Waals surface area contributed by atoms with Crippen LogP contribution in [0.4, 0.5) is 5.69 Å². The minimum absolute atomic E-state index is 0. The molecular weight excluding hydrogens is 336 g/mol. The second-order valence-electron chi connectivity index (χ2n) is 5.95. The summed E-state index contributed by atoms with van der Waals surface area (Å²) in [5, 5.41) is 10.1. The molecule has 1 aromatic heterocycles. The Balaban J connectivity index is 0.00000288. The zero-order valence-corrected chi connectivity index (χ0v) is 15.2. The molecule has 1 fully saturated rings. The maximum absolute atomic E-state index is 12.3. The Bertz CT molecular complexity index is 576. The number of morpholine rings is 1. The summed E-state index contributed by atoms with van der Waals surface area (Å²) in [5.74, 6) is -0.567. The number of nitrogens with one attached hydrogen (secondary N) is 2. The molecule has 0 saturated carbocycles. The van der Waals surface area contributed by atoms with Crippen molar-refractivity contribution in [3.8, 4) is 0 Å². The first kappa shape index (κ1) is 20.4. The molecule has 2 atom stereocenters. The van der Waals surface area contributed by atoms with E-state index < -0.39 is 11.6 Å². The van der Waals surface area contributed by atoms with E-state index in [1.807, 2.05) is 6.92 Å². The third kappa shape index (κ3) is 4.46. The van der Waals surface area contributed by atoms with Gasteiger partial charge in [0.1, 0.15) is 6.04 Å². The van der Waals surface area contributed by atoms with Crippen LogP contribution in [0.25, 0.3) is 0 Å². The lowest BCUT2D eigenvalue weighted by Crippen LogP contribution is -2.53. The molecule has 2 rings (SSSR count). The number of halogens is 1. The average Bonchev–Trinajstić information content (AvgIpc) is 2.97. The predicted octanol–water partition coefficient (Wildman–Crippen LogP) is 0.918. The second kappa shape index (κ2) is 8.46. The van der Waals surface area contributed by atoms with Crippen LogP contribution in [0.3, 0.4) is 0 Å². The molecule has 1 saturated heterocycles. The summed E-state index contributed by atoms with van der Waals surface area (Å²) in [6, 6.07) is -0.412. The van der Waals surface area contributed by atoms with Gasteiger partial charge in [-0.3, -0.25) is 9.48 Å². The van der Waals surface area contributed by atoms with E-state index in [2.05, 4.69) is 15.7 Å². The summed E-state index contributed by atoms with van der Waals surface area (Å²) in [6.07, 6.45) is 2.92. The SMILES string of the molecule is CCOC(=O)C(C)(C)n1cc(NC(=O)[C@H]2NCCO[C@@H]2C)cn1.Cl. The van der Waals surface area contributed by atoms with Crippen LogP contribution in [0.5, 0.6) is 0 Å². The molecular formula is C15H25ClN4O4. The van der Waals surface area contributed by atoms with Crippen LogP contribution >= 0.6 is 12.4 Å². The van der Waals surface area contributed by atoms with Gasteiger partial charge in [0.2, 0.25) is 5.91 Å². The maximum atomic E-state index is 12.3. The van der Waals surface area contributed by atoms with E-state index in [4.69, 9.17) is 9.47 Å². The molecule has 1 amide bonds. The number of hydrogen-bond acceptors (Lipinski definition) is 6. The molecule has 0 radical (unpaired) electrons. The average molecular weight is 361 g/mol. The van der Waals surface area contributed by atoms with Crippen molar-refractivity contribution in [3.05, 3.63) is 12.4 Å². The Morgan fingerprint density at radius 2 is 2.25 bits per heavy atom. The number of aromatic nitrogens is 2. The largest absolute Gasteiger partial charge is 0.464 e. The first-order valence-electron chi connectivity index (χ1n) is 7.74. The van der Waals surface area contributed by atoms with Crippen LogP contribution in [0, 0.1) is 0 Å². The van der Waals surface area contributed by atoms with Crippen LogP contribution in [0.15, 0.2) is 12.4 Å². The summed E-state index contributed by atoms with van der Waals surface area (Å²) in [4.78, 5) is 24.3. The zero-order valence-electron chi connectivity index (χ0n) is 14.4. The molecule has 0 aliphatic carbocycles. The molecule has 136 valence electrons. The van der Waals surface area contributed by atoms with Gasteiger partial charge in [-0.2, -0.15) is 5.10 Å². The lowest BCUT2D eigenvalue weighted by Gasteiger charge is -2.29. The van der Waals surface area contributed by atoms with Gasteiger partial charge < -0.3 is 20.1 Å². The van der Waals surface area contributed by atoms with Crippen LogP contribution in [0.1, 0.15) is 27.7 Å². The van der Waals surface area contributed by atoms with E-state index in [-0.39, 0.29) is 30.4 Å². The van der Waals surface area contributed by atoms with Crippen molar-refractivity contribution in [2.45, 2.75) is 45.4 Å². The Morgan fingerprint density at radius 1 is 1.54 bits per heavy atom. The second-order valence-corrected chi connectivity index (χ2v) is 5.95. The van der Waals surface area contributed by atoms with E-state index in [0.717, 1.165) is 0 Å². The van der Waals surface area contributed by atoms with Crippen molar-refractivity contribution in [1.29, 1.82) is 0 Å². The molecule has 9 heteroatoms. The number of carbonyl (C=O) groups is 2. The molecule has 1 aliphatic rings. The maximum Gasteiger partial charge on any atom is 0.333 e. The highest BCUT2D eigenvalue weighted by Crippen LogP contribution is 2.19. The van der Waals surface area contributed by atoms with Gasteiger partial charge in [0.25, 0.3) is 0 Å². The van der Waals surface area contributed by atoms with Gasteiger partial charge in [-0.05, 0) is 27.7 Å². The van der Waals surface area contributed by atoms with Gasteiger partial charge >= 0.3 is 5.97 Å². The van der Waals surface area contributed by atoms with Crippen LogP contribution < -0.4 is 10.6 Å². The van der Waals surface area contributed by atoms with Crippen molar-refractivity contribution in [2.24, 2.45) is 0 Å². The predicted molar refractivity (Wildman–Crippen MR) is 91.3 cm³/mol. The number of esters is 1. The van der Waals surface area contributed by atoms with Gasteiger partial charge in [-0.15, -0.1) is 12.4 Å². The van der Waals surface area contributed by atoms with E-state index >= 15 is 0 Å². The molecule has 0 unspecified atom stereocenters. The minimum atomic E-state index is -0.946. The highest BCUT2D eigenvalue weighted by atomic mass is 35.5. The molecule has 0 aromatic carbocycles. The number of ether oxygens (including phenoxy) is 2. The van der Waals surface area contributed by atoms with Crippen molar-refractivity contribution < 1.29 is 19.1 Å². The van der Waals surface area contributed by atoms with Crippen LogP contribution in [-0.4, -0.2) is 53.6 Å². The number of hydrogen-bond donors (Lipinski definition) is 2. The lowest BCUT2D eigenvalue weighted by molar-refractivity contribution is -0.152. The zero-order chi connectivity index (χ0) is 17.0. The summed E-state index contributed by atoms with van der Waals surface area (Å²) >= 11 is 0. The normalized spacial score (nSPS) is 20.8. The third-order valence-corrected chi connectivity index (χ3v) is 3.80. The molecule has 24 heavy (non-hydrogen) atoms. The number of carbonyl (C=O) groups excluding carboxylic acids is 2. The summed E-state index contributed by atoms with van der Waals surface area (Å²) in [5.41, 5.74) is -0.426. The first-order chi connectivity index (χ1) is 10.9. The summed E-state index contributed by atoms with van der Waals surface area (Å²) < 4.78 is 12.0. The van der Waals surface area contributed by atoms with Crippen molar-refractivity contribution in [3.63, 3.8) is 0 Å². The standard InChI is InChI=1S/C15H24N4O4.ClH/c1-5-22-14(21)15(3,4)19-9-11(8-17-19)18-13(20)12-10(2)23-7-6-16-12;/h8-10,12,16H,5-7H2,1-4H3,(H,18,20);1H/t10-,12+;/m1./s1. The molecule has 0 spiro atoms. The Hall–Kier alpha value is -1.64. The summed E-state index contributed by atoms with van der Waals surface area (Å²) in [7, 11) is 0. The van der Waals surface area contributed by atoms with Gasteiger partial charge in [0.05, 0.1) is 31.2 Å². The lowest BCUT2D eigenvalue weighted by atomic mass is 10.1. The number of anilines is 1. The fraction of sp³-hybridized carbons (Fsp3) is 0.667. The van der Waals surface area contributed by atoms with Gasteiger partial charge in [-0.1, -0.05) is 0 Å². The molecule has 2 N–H and O–H groups in total. The Kier molecular flexibility index (Phi) is 7.19. The fourth-order valence-electron chi connectivity index (χ4n) is 2.34. The minimum Gasteiger partial charge on any atom is -0.464 e. The molecule has 8 nitrogen and oxygen atoms in total. The Morgan fingerprint density at radius 3 is 2.88 bits per heavy atom. The van der Waals surface area contributed by atoms with Crippen molar-refractivity contribution in [1.82, 2.24) is 15.1 Å². The molecule has 1 aromatic rings. The van der Waals surface area contributed by atoms with E-state index in [0.29, 0.717) is 25.4 Å². The quantitative estimate of drug-likeness (QED) is 0.758. The molecule has 1 aliphatic heterocycles. The van der Waals surface area contributed by atoms with E-state index in [1.54, 1.807) is 27.0 Å². The topological polar surface area (TPSA) is 94.5 Å². The van der Waals surface area contributed by atoms with E-state index in [9.17, 15) is 9.59 Å². The third-order valence-electron chi connectivity index (χ3n) is 3.80. The highest BCUT2D eigenvalue weighted by Gasteiger charge is 2.33. The van der Waals surface area contributed by atoms with Gasteiger partial charge in [-0.25, -0.2) is 4.79 Å². The van der Waals surface area contributed by atoms with Gasteiger partial charge in [0, 0.05) is 12.7 Å². The van der Waals surface area contributed by atoms with Crippen molar-refractivity contribution in [2.75, 3.05) is 25.1 Å². The smallest absolute Gasteiger partial charge is 0.333 e. The van der Waals surface area contributed by atoms with Crippen LogP contribution in [-0.2, 0) is 24.6 Å². The summed E-state index contributed by atoms with van der Waals surface area (Å²) in [6.45, 7) is 8.56. The fourth-order valence-corrected chi connectivity index (χ4v) is 2.34. The number of amides is 1. The first-order valence-corrected chi connectivity index (χ1v) is 7.74. The van der Waals surface area contributed by atoms with Gasteiger partial charge in [0.15, 0.2) is 5.54 Å². The number of nitrogens with zero attached hydrogens (tertiary/aromatic N) is 2. The molecule has 2 heterocycles. The Labute approximate surface area is 147 Å².